The Morgan fingerprint density at radius 2 is 2.27 bits per heavy atom. The first kappa shape index (κ1) is 20.0. The number of aromatic nitrogens is 5. The van der Waals surface area contributed by atoms with Gasteiger partial charge in [-0.05, 0) is 31.9 Å². The first-order valence-corrected chi connectivity index (χ1v) is 10.1. The highest BCUT2D eigenvalue weighted by Crippen LogP contribution is 2.28. The maximum atomic E-state index is 11.5. The second-order valence-corrected chi connectivity index (χ2v) is 7.13. The quantitative estimate of drug-likeness (QED) is 0.538. The van der Waals surface area contributed by atoms with Gasteiger partial charge in [0.1, 0.15) is 16.9 Å². The van der Waals surface area contributed by atoms with Crippen LogP contribution in [0.1, 0.15) is 19.8 Å². The van der Waals surface area contributed by atoms with E-state index in [9.17, 15) is 9.90 Å². The van der Waals surface area contributed by atoms with Crippen LogP contribution in [0.4, 0.5) is 17.6 Å². The molecule has 1 atom stereocenters. The van der Waals surface area contributed by atoms with Crippen molar-refractivity contribution < 1.29 is 14.6 Å². The predicted molar refractivity (Wildman–Crippen MR) is 112 cm³/mol. The molecule has 0 saturated carbocycles. The monoisotopic (exact) mass is 411 g/mol. The molecule has 2 N–H and O–H groups in total. The number of nitrogens with zero attached hydrogens (tertiary/aromatic N) is 6. The van der Waals surface area contributed by atoms with E-state index in [1.54, 1.807) is 12.4 Å². The normalized spacial score (nSPS) is 16.7. The van der Waals surface area contributed by atoms with Crippen molar-refractivity contribution in [2.24, 2.45) is 5.92 Å². The summed E-state index contributed by atoms with van der Waals surface area (Å²) in [5.41, 5.74) is 1.45. The lowest BCUT2D eigenvalue weighted by molar-refractivity contribution is -0.141. The van der Waals surface area contributed by atoms with E-state index in [1.165, 1.54) is 0 Å². The van der Waals surface area contributed by atoms with E-state index in [-0.39, 0.29) is 0 Å². The van der Waals surface area contributed by atoms with Crippen molar-refractivity contribution in [1.82, 2.24) is 24.7 Å². The van der Waals surface area contributed by atoms with Gasteiger partial charge in [-0.3, -0.25) is 9.48 Å². The van der Waals surface area contributed by atoms with Gasteiger partial charge in [0.25, 0.3) is 0 Å². The Morgan fingerprint density at radius 1 is 1.37 bits per heavy atom. The molecular weight excluding hydrogens is 386 g/mol. The van der Waals surface area contributed by atoms with E-state index < -0.39 is 11.9 Å². The van der Waals surface area contributed by atoms with Gasteiger partial charge in [0, 0.05) is 25.9 Å². The van der Waals surface area contributed by atoms with Crippen LogP contribution in [0, 0.1) is 5.92 Å². The van der Waals surface area contributed by atoms with Crippen LogP contribution in [0.25, 0.3) is 11.0 Å². The molecule has 0 unspecified atom stereocenters. The van der Waals surface area contributed by atoms with E-state index >= 15 is 0 Å². The van der Waals surface area contributed by atoms with Gasteiger partial charge in [-0.25, -0.2) is 9.97 Å². The van der Waals surface area contributed by atoms with Crippen LogP contribution < -0.4 is 10.2 Å². The molecule has 0 bridgehead atoms. The van der Waals surface area contributed by atoms with Gasteiger partial charge in [-0.2, -0.15) is 10.1 Å². The largest absolute Gasteiger partial charge is 0.481 e. The molecule has 0 spiro atoms. The summed E-state index contributed by atoms with van der Waals surface area (Å²) in [7, 11) is 0. The molecule has 1 aliphatic heterocycles. The highest BCUT2D eigenvalue weighted by atomic mass is 16.5. The second kappa shape index (κ2) is 9.04. The highest BCUT2D eigenvalue weighted by Gasteiger charge is 2.28. The van der Waals surface area contributed by atoms with E-state index in [0.717, 1.165) is 18.5 Å². The van der Waals surface area contributed by atoms with Crippen molar-refractivity contribution in [2.45, 2.75) is 26.3 Å². The van der Waals surface area contributed by atoms with Crippen LogP contribution >= 0.6 is 0 Å². The zero-order valence-corrected chi connectivity index (χ0v) is 16.9. The fourth-order valence-corrected chi connectivity index (χ4v) is 3.60. The molecule has 3 aromatic heterocycles. The fraction of sp³-hybridized carbons (Fsp3) is 0.450. The number of ether oxygens (including phenoxy) is 1. The molecule has 0 aliphatic carbocycles. The van der Waals surface area contributed by atoms with Crippen molar-refractivity contribution in [2.75, 3.05) is 36.5 Å². The Kier molecular flexibility index (Phi) is 6.03. The van der Waals surface area contributed by atoms with Crippen molar-refractivity contribution in [3.63, 3.8) is 0 Å². The fourth-order valence-electron chi connectivity index (χ4n) is 3.60. The summed E-state index contributed by atoms with van der Waals surface area (Å²) in [6.45, 7) is 4.80. The number of piperidine rings is 1. The van der Waals surface area contributed by atoms with Gasteiger partial charge in [-0.15, -0.1) is 0 Å². The third-order valence-corrected chi connectivity index (χ3v) is 5.09. The number of carboxylic acid groups (broad SMARTS) is 1. The Labute approximate surface area is 173 Å². The SMILES string of the molecule is CCOCCn1ncc2nc(N3CCC[C@H](C(=O)O)C3)nc(Nc3ccccn3)c21. The summed E-state index contributed by atoms with van der Waals surface area (Å²) in [5, 5.41) is 17.1. The number of pyridine rings is 1. The summed E-state index contributed by atoms with van der Waals surface area (Å²) in [5.74, 6) is 0.537. The van der Waals surface area contributed by atoms with Crippen molar-refractivity contribution in [3.05, 3.63) is 30.6 Å². The molecule has 1 saturated heterocycles. The number of carboxylic acids is 1. The van der Waals surface area contributed by atoms with Crippen molar-refractivity contribution >= 4 is 34.6 Å². The Bertz CT molecular complexity index is 1010. The number of rotatable bonds is 8. The lowest BCUT2D eigenvalue weighted by Crippen LogP contribution is -2.39. The van der Waals surface area contributed by atoms with E-state index in [1.807, 2.05) is 34.7 Å². The number of carbonyl (C=O) groups is 1. The predicted octanol–water partition coefficient (Wildman–Crippen LogP) is 2.30. The average Bonchev–Trinajstić information content (AvgIpc) is 3.18. The van der Waals surface area contributed by atoms with E-state index in [2.05, 4.69) is 20.4 Å². The van der Waals surface area contributed by atoms with Crippen molar-refractivity contribution in [3.8, 4) is 0 Å². The zero-order chi connectivity index (χ0) is 20.9. The molecule has 0 radical (unpaired) electrons. The van der Waals surface area contributed by atoms with Crippen LogP contribution in [0.3, 0.4) is 0 Å². The lowest BCUT2D eigenvalue weighted by atomic mass is 9.99. The Hall–Kier alpha value is -3.27. The molecule has 4 rings (SSSR count). The van der Waals surface area contributed by atoms with Crippen LogP contribution in [0.5, 0.6) is 0 Å². The molecule has 10 nitrogen and oxygen atoms in total. The minimum absolute atomic E-state index is 0.391. The van der Waals surface area contributed by atoms with E-state index in [0.29, 0.717) is 55.8 Å². The average molecular weight is 411 g/mol. The third kappa shape index (κ3) is 4.33. The maximum Gasteiger partial charge on any atom is 0.308 e. The second-order valence-electron chi connectivity index (χ2n) is 7.13. The number of fused-ring (bicyclic) bond motifs is 1. The van der Waals surface area contributed by atoms with Gasteiger partial charge in [0.15, 0.2) is 5.82 Å². The molecule has 158 valence electrons. The summed E-state index contributed by atoms with van der Waals surface area (Å²) in [6, 6.07) is 5.59. The first-order chi connectivity index (χ1) is 14.7. The number of hydrogen-bond donors (Lipinski definition) is 2. The third-order valence-electron chi connectivity index (χ3n) is 5.09. The van der Waals surface area contributed by atoms with Gasteiger partial charge in [0.05, 0.1) is 25.3 Å². The van der Waals surface area contributed by atoms with Crippen molar-refractivity contribution in [1.29, 1.82) is 0 Å². The lowest BCUT2D eigenvalue weighted by Gasteiger charge is -2.30. The zero-order valence-electron chi connectivity index (χ0n) is 16.9. The molecule has 0 aromatic carbocycles. The van der Waals surface area contributed by atoms with Gasteiger partial charge in [0.2, 0.25) is 5.95 Å². The molecule has 3 aromatic rings. The van der Waals surface area contributed by atoms with Crippen LogP contribution in [-0.2, 0) is 16.1 Å². The minimum Gasteiger partial charge on any atom is -0.481 e. The topological polar surface area (TPSA) is 118 Å². The van der Waals surface area contributed by atoms with Gasteiger partial charge < -0.3 is 20.1 Å². The maximum absolute atomic E-state index is 11.5. The minimum atomic E-state index is -0.781. The summed E-state index contributed by atoms with van der Waals surface area (Å²) < 4.78 is 7.28. The number of hydrogen-bond acceptors (Lipinski definition) is 8. The number of nitrogens with one attached hydrogen (secondary N) is 1. The first-order valence-electron chi connectivity index (χ1n) is 10.1. The summed E-state index contributed by atoms with van der Waals surface area (Å²) in [6.07, 6.45) is 4.86. The molecule has 30 heavy (non-hydrogen) atoms. The van der Waals surface area contributed by atoms with E-state index in [4.69, 9.17) is 9.72 Å². The molecule has 0 amide bonds. The highest BCUT2D eigenvalue weighted by molar-refractivity contribution is 5.88. The molecule has 4 heterocycles. The molecular formula is C20H25N7O3. The number of anilines is 3. The molecule has 1 aliphatic rings. The Balaban J connectivity index is 1.71. The molecule has 10 heteroatoms. The smallest absolute Gasteiger partial charge is 0.308 e. The number of aliphatic carboxylic acids is 1. The standard InChI is InChI=1S/C20H25N7O3/c1-2-30-11-10-27-17-15(12-22-27)23-20(26-9-5-6-14(13-26)19(28)29)25-18(17)24-16-7-3-4-8-21-16/h3-4,7-8,12,14H,2,5-6,9-11,13H2,1H3,(H,28,29)(H,21,23,24,25)/t14-/m0/s1. The van der Waals surface area contributed by atoms with Crippen LogP contribution in [0.2, 0.25) is 0 Å². The van der Waals surface area contributed by atoms with Gasteiger partial charge in [-0.1, -0.05) is 6.07 Å². The summed E-state index contributed by atoms with van der Waals surface area (Å²) >= 11 is 0. The van der Waals surface area contributed by atoms with Crippen LogP contribution in [-0.4, -0.2) is 62.1 Å². The molecule has 1 fully saturated rings. The van der Waals surface area contributed by atoms with Gasteiger partial charge >= 0.3 is 5.97 Å². The summed E-state index contributed by atoms with van der Waals surface area (Å²) in [4.78, 5) is 27.2. The Morgan fingerprint density at radius 3 is 3.03 bits per heavy atom. The van der Waals surface area contributed by atoms with Crippen LogP contribution in [0.15, 0.2) is 30.6 Å².